The molecular formula is C24H16F6N2Se2. The molecule has 0 fully saturated rings. The van der Waals surface area contributed by atoms with Gasteiger partial charge in [-0.3, -0.25) is 0 Å². The van der Waals surface area contributed by atoms with E-state index in [1.807, 2.05) is 24.3 Å². The van der Waals surface area contributed by atoms with Gasteiger partial charge in [-0.2, -0.15) is 0 Å². The van der Waals surface area contributed by atoms with E-state index in [4.69, 9.17) is 0 Å². The van der Waals surface area contributed by atoms with E-state index in [1.165, 1.54) is 24.3 Å². The van der Waals surface area contributed by atoms with Gasteiger partial charge < -0.3 is 0 Å². The van der Waals surface area contributed by atoms with E-state index in [2.05, 4.69) is 10.2 Å². The van der Waals surface area contributed by atoms with Gasteiger partial charge in [-0.05, 0) is 0 Å². The summed E-state index contributed by atoms with van der Waals surface area (Å²) in [5, 5.41) is 11.9. The standard InChI is InChI=1S/C24H16F6N2Se2/c25-23(26,27)17-9-5-15(6-10-17)13-33-21-19-3-1-2-4-20(19)22(32-31-21)34-14-16-7-11-18(12-8-16)24(28,29)30/h1-12H,13-14H2. The Balaban J connectivity index is 1.48. The van der Waals surface area contributed by atoms with Gasteiger partial charge in [0.2, 0.25) is 0 Å². The first-order valence-corrected chi connectivity index (χ1v) is 14.1. The van der Waals surface area contributed by atoms with Gasteiger partial charge >= 0.3 is 204 Å². The van der Waals surface area contributed by atoms with Crippen LogP contribution in [0.25, 0.3) is 10.8 Å². The van der Waals surface area contributed by atoms with E-state index in [0.717, 1.165) is 55.3 Å². The van der Waals surface area contributed by atoms with Crippen molar-refractivity contribution in [3.63, 3.8) is 0 Å². The fraction of sp³-hybridized carbons (Fsp3) is 0.167. The van der Waals surface area contributed by atoms with Crippen LogP contribution < -0.4 is 9.18 Å². The molecule has 0 amide bonds. The normalized spacial score (nSPS) is 12.3. The molecule has 34 heavy (non-hydrogen) atoms. The second-order valence-corrected chi connectivity index (χ2v) is 11.4. The molecule has 4 aromatic rings. The van der Waals surface area contributed by atoms with E-state index in [0.29, 0.717) is 10.6 Å². The third-order valence-electron chi connectivity index (χ3n) is 4.93. The average Bonchev–Trinajstić information content (AvgIpc) is 2.81. The molecule has 0 unspecified atom stereocenters. The number of aromatic nitrogens is 2. The van der Waals surface area contributed by atoms with Crippen molar-refractivity contribution in [3.05, 3.63) is 95.1 Å². The van der Waals surface area contributed by atoms with Crippen molar-refractivity contribution < 1.29 is 26.3 Å². The molecule has 0 atom stereocenters. The molecule has 0 aliphatic rings. The summed E-state index contributed by atoms with van der Waals surface area (Å²) in [6, 6.07) is 18.0. The van der Waals surface area contributed by atoms with E-state index in [1.54, 1.807) is 0 Å². The van der Waals surface area contributed by atoms with Gasteiger partial charge in [-0.15, -0.1) is 0 Å². The number of rotatable bonds is 6. The van der Waals surface area contributed by atoms with Gasteiger partial charge in [0.25, 0.3) is 0 Å². The molecule has 2 nitrogen and oxygen atoms in total. The third kappa shape index (κ3) is 5.99. The molecule has 4 rings (SSSR count). The van der Waals surface area contributed by atoms with Crippen molar-refractivity contribution in [2.75, 3.05) is 0 Å². The zero-order valence-corrected chi connectivity index (χ0v) is 20.7. The number of alkyl halides is 6. The predicted octanol–water partition coefficient (Wildman–Crippen LogP) is 4.73. The van der Waals surface area contributed by atoms with Crippen LogP contribution in [0.3, 0.4) is 0 Å². The van der Waals surface area contributed by atoms with Crippen LogP contribution in [0.2, 0.25) is 0 Å². The maximum atomic E-state index is 12.8. The molecule has 0 spiro atoms. The Morgan fingerprint density at radius 1 is 0.529 bits per heavy atom. The number of fused-ring (bicyclic) bond motifs is 1. The Hall–Kier alpha value is -2.38. The Kier molecular flexibility index (Phi) is 7.33. The summed E-state index contributed by atoms with van der Waals surface area (Å²) in [6.07, 6.45) is -8.72. The van der Waals surface area contributed by atoms with Crippen LogP contribution in [0, 0.1) is 0 Å². The molecule has 1 aromatic heterocycles. The second kappa shape index (κ2) is 10.1. The molecule has 10 heteroatoms. The summed E-state index contributed by atoms with van der Waals surface area (Å²) in [4.78, 5) is 0. The van der Waals surface area contributed by atoms with Crippen LogP contribution in [-0.2, 0) is 23.0 Å². The number of halogens is 6. The number of hydrogen-bond acceptors (Lipinski definition) is 2. The van der Waals surface area contributed by atoms with Gasteiger partial charge in [-0.25, -0.2) is 0 Å². The number of benzene rings is 3. The quantitative estimate of drug-likeness (QED) is 0.235. The molecular weight excluding hydrogens is 588 g/mol. The van der Waals surface area contributed by atoms with E-state index < -0.39 is 23.5 Å². The zero-order chi connectivity index (χ0) is 24.3. The minimum absolute atomic E-state index is 0.134. The van der Waals surface area contributed by atoms with Crippen molar-refractivity contribution in [3.8, 4) is 0 Å². The molecule has 0 N–H and O–H groups in total. The number of hydrogen-bond donors (Lipinski definition) is 0. The van der Waals surface area contributed by atoms with Crippen LogP contribution in [0.1, 0.15) is 22.3 Å². The summed E-state index contributed by atoms with van der Waals surface area (Å²) in [5.41, 5.74) is 0.256. The van der Waals surface area contributed by atoms with Crippen molar-refractivity contribution >= 4 is 49.9 Å². The number of nitrogens with zero attached hydrogens (tertiary/aromatic N) is 2. The Bertz CT molecular complexity index is 1170. The molecule has 0 bridgehead atoms. The average molecular weight is 604 g/mol. The molecule has 0 aliphatic carbocycles. The first kappa shape index (κ1) is 24.7. The summed E-state index contributed by atoms with van der Waals surface area (Å²) >= 11 is -0.267. The van der Waals surface area contributed by atoms with Crippen LogP contribution in [0.5, 0.6) is 0 Å². The summed E-state index contributed by atoms with van der Waals surface area (Å²) in [6.45, 7) is 0. The van der Waals surface area contributed by atoms with E-state index in [-0.39, 0.29) is 29.9 Å². The Morgan fingerprint density at radius 3 is 1.21 bits per heavy atom. The fourth-order valence-corrected chi connectivity index (χ4v) is 7.04. The van der Waals surface area contributed by atoms with Crippen LogP contribution >= 0.6 is 0 Å². The van der Waals surface area contributed by atoms with Crippen molar-refractivity contribution in [2.45, 2.75) is 23.0 Å². The van der Waals surface area contributed by atoms with Crippen molar-refractivity contribution in [1.82, 2.24) is 10.2 Å². The second-order valence-electron chi connectivity index (χ2n) is 7.32. The molecule has 0 saturated heterocycles. The Labute approximate surface area is 204 Å². The summed E-state index contributed by atoms with van der Waals surface area (Å²) in [7, 11) is 0. The predicted molar refractivity (Wildman–Crippen MR) is 121 cm³/mol. The van der Waals surface area contributed by atoms with Crippen LogP contribution in [-0.4, -0.2) is 40.1 Å². The van der Waals surface area contributed by atoms with Crippen LogP contribution in [0.15, 0.2) is 72.8 Å². The van der Waals surface area contributed by atoms with Crippen molar-refractivity contribution in [2.24, 2.45) is 0 Å². The molecule has 0 radical (unpaired) electrons. The molecule has 0 aliphatic heterocycles. The first-order valence-electron chi connectivity index (χ1n) is 9.94. The summed E-state index contributed by atoms with van der Waals surface area (Å²) in [5.74, 6) is 0. The fourth-order valence-electron chi connectivity index (χ4n) is 3.15. The molecule has 3 aromatic carbocycles. The third-order valence-corrected chi connectivity index (χ3v) is 9.35. The Morgan fingerprint density at radius 2 is 0.882 bits per heavy atom. The summed E-state index contributed by atoms with van der Waals surface area (Å²) < 4.78 is 78.2. The van der Waals surface area contributed by atoms with Crippen molar-refractivity contribution in [1.29, 1.82) is 0 Å². The zero-order valence-electron chi connectivity index (χ0n) is 17.3. The van der Waals surface area contributed by atoms with E-state index in [9.17, 15) is 26.3 Å². The van der Waals surface area contributed by atoms with E-state index >= 15 is 0 Å². The van der Waals surface area contributed by atoms with Crippen LogP contribution in [0.4, 0.5) is 26.3 Å². The maximum absolute atomic E-state index is 12.8. The minimum atomic E-state index is -4.36. The van der Waals surface area contributed by atoms with Gasteiger partial charge in [0, 0.05) is 0 Å². The topological polar surface area (TPSA) is 25.8 Å². The molecule has 176 valence electrons. The SMILES string of the molecule is FC(F)(F)c1ccc(C[Se]c2nnc([Se]Cc3ccc(C(F)(F)F)cc3)c3ccccc23)cc1. The molecule has 1 heterocycles. The van der Waals surface area contributed by atoms with Gasteiger partial charge in [0.15, 0.2) is 0 Å². The van der Waals surface area contributed by atoms with Gasteiger partial charge in [-0.1, -0.05) is 0 Å². The van der Waals surface area contributed by atoms with Gasteiger partial charge in [0.1, 0.15) is 0 Å². The molecule has 0 saturated carbocycles. The van der Waals surface area contributed by atoms with Gasteiger partial charge in [0.05, 0.1) is 0 Å². The first-order chi connectivity index (χ1) is 16.1. The monoisotopic (exact) mass is 606 g/mol.